The van der Waals surface area contributed by atoms with Crippen LogP contribution in [0.4, 0.5) is 14.6 Å². The van der Waals surface area contributed by atoms with E-state index >= 15 is 8.78 Å². The number of fused-ring (bicyclic) bond motifs is 6. The highest BCUT2D eigenvalue weighted by atomic mass is 19.1. The predicted octanol–water partition coefficient (Wildman–Crippen LogP) is 4.40. The normalized spacial score (nSPS) is 17.6. The highest BCUT2D eigenvalue weighted by molar-refractivity contribution is 5.91. The van der Waals surface area contributed by atoms with E-state index in [1.807, 2.05) is 38.7 Å². The minimum absolute atomic E-state index is 0.00776. The molecular weight excluding hydrogens is 604 g/mol. The maximum Gasteiger partial charge on any atom is 0.355 e. The Hall–Kier alpha value is -5.33. The Labute approximate surface area is 269 Å². The number of hydrogen-bond donors (Lipinski definition) is 0. The first-order valence-corrected chi connectivity index (χ1v) is 15.5. The van der Waals surface area contributed by atoms with Crippen LogP contribution in [0.1, 0.15) is 56.1 Å². The van der Waals surface area contributed by atoms with Crippen LogP contribution < -0.4 is 10.6 Å². The maximum absolute atomic E-state index is 16.4. The fourth-order valence-corrected chi connectivity index (χ4v) is 6.75. The third-order valence-electron chi connectivity index (χ3n) is 9.05. The number of hydrogen-bond acceptors (Lipinski definition) is 8. The van der Waals surface area contributed by atoms with E-state index in [9.17, 15) is 9.59 Å². The van der Waals surface area contributed by atoms with Crippen LogP contribution in [0.3, 0.4) is 0 Å². The molecule has 2 atom stereocenters. The lowest BCUT2D eigenvalue weighted by atomic mass is 9.98. The van der Waals surface area contributed by atoms with Crippen molar-refractivity contribution in [2.45, 2.75) is 58.7 Å². The van der Waals surface area contributed by atoms with Gasteiger partial charge in [0.25, 0.3) is 0 Å². The first-order chi connectivity index (χ1) is 22.6. The van der Waals surface area contributed by atoms with E-state index in [0.29, 0.717) is 41.3 Å². The molecular formula is C34H33F2N9O2. The van der Waals surface area contributed by atoms with Crippen LogP contribution in [0, 0.1) is 11.6 Å². The number of carbonyl (C=O) groups excluding carboxylic acids is 1. The zero-order valence-electron chi connectivity index (χ0n) is 26.5. The number of benzene rings is 1. The van der Waals surface area contributed by atoms with Gasteiger partial charge in [-0.25, -0.2) is 27.8 Å². The minimum atomic E-state index is -0.766. The number of rotatable bonds is 3. The molecule has 1 aromatic carbocycles. The molecule has 2 bridgehead atoms. The van der Waals surface area contributed by atoms with Gasteiger partial charge < -0.3 is 9.80 Å². The number of halogens is 2. The van der Waals surface area contributed by atoms with Gasteiger partial charge in [0, 0.05) is 48.9 Å². The molecule has 13 heteroatoms. The van der Waals surface area contributed by atoms with Gasteiger partial charge in [0.15, 0.2) is 5.65 Å². The van der Waals surface area contributed by atoms with Gasteiger partial charge in [0.1, 0.15) is 23.1 Å². The van der Waals surface area contributed by atoms with Crippen LogP contribution >= 0.6 is 0 Å². The van der Waals surface area contributed by atoms with E-state index < -0.39 is 17.3 Å². The summed E-state index contributed by atoms with van der Waals surface area (Å²) in [7, 11) is 0. The van der Waals surface area contributed by atoms with Gasteiger partial charge in [-0.15, -0.1) is 5.10 Å². The Kier molecular flexibility index (Phi) is 7.41. The van der Waals surface area contributed by atoms with Crippen molar-refractivity contribution in [3.63, 3.8) is 0 Å². The number of anilines is 1. The van der Waals surface area contributed by atoms with Gasteiger partial charge in [-0.1, -0.05) is 37.8 Å². The fourth-order valence-electron chi connectivity index (χ4n) is 6.75. The van der Waals surface area contributed by atoms with Crippen molar-refractivity contribution in [2.75, 3.05) is 18.0 Å². The molecule has 0 aliphatic carbocycles. The molecule has 7 rings (SSSR count). The molecule has 0 unspecified atom stereocenters. The Balaban J connectivity index is 1.58. The number of pyridine rings is 2. The summed E-state index contributed by atoms with van der Waals surface area (Å²) in [5.41, 5.74) is 2.17. The van der Waals surface area contributed by atoms with Gasteiger partial charge in [-0.3, -0.25) is 9.78 Å². The molecule has 0 N–H and O–H groups in total. The lowest BCUT2D eigenvalue weighted by Gasteiger charge is -2.44. The summed E-state index contributed by atoms with van der Waals surface area (Å²) in [4.78, 5) is 44.6. The second-order valence-electron chi connectivity index (χ2n) is 12.5. The summed E-state index contributed by atoms with van der Waals surface area (Å²) in [6, 6.07) is 7.12. The average Bonchev–Trinajstić information content (AvgIpc) is 3.47. The van der Waals surface area contributed by atoms with Crippen molar-refractivity contribution in [2.24, 2.45) is 0 Å². The predicted molar refractivity (Wildman–Crippen MR) is 172 cm³/mol. The summed E-state index contributed by atoms with van der Waals surface area (Å²) < 4.78 is 35.2. The first kappa shape index (κ1) is 30.3. The first-order valence-electron chi connectivity index (χ1n) is 15.5. The van der Waals surface area contributed by atoms with E-state index in [1.165, 1.54) is 22.8 Å². The molecule has 1 fully saturated rings. The second-order valence-corrected chi connectivity index (χ2v) is 12.5. The van der Waals surface area contributed by atoms with E-state index in [0.717, 1.165) is 0 Å². The van der Waals surface area contributed by atoms with Crippen LogP contribution in [-0.4, -0.2) is 70.5 Å². The number of carbonyl (C=O) groups is 1. The van der Waals surface area contributed by atoms with Gasteiger partial charge >= 0.3 is 5.69 Å². The molecule has 1 amide bonds. The van der Waals surface area contributed by atoms with Gasteiger partial charge in [-0.2, -0.15) is 4.98 Å². The zero-order valence-corrected chi connectivity index (χ0v) is 26.5. The van der Waals surface area contributed by atoms with E-state index in [2.05, 4.69) is 26.9 Å². The van der Waals surface area contributed by atoms with Crippen LogP contribution in [0.15, 0.2) is 60.2 Å². The molecule has 0 saturated carbocycles. The Bertz CT molecular complexity index is 2140. The molecule has 0 spiro atoms. The molecule has 240 valence electrons. The topological polar surface area (TPSA) is 115 Å². The number of amides is 1. The smallest absolute Gasteiger partial charge is 0.349 e. The van der Waals surface area contributed by atoms with E-state index in [1.54, 1.807) is 34.1 Å². The second kappa shape index (κ2) is 11.5. The van der Waals surface area contributed by atoms with Crippen molar-refractivity contribution in [3.05, 3.63) is 100 Å². The molecule has 0 radical (unpaired) electrons. The molecule has 11 nitrogen and oxygen atoms in total. The van der Waals surface area contributed by atoms with Crippen molar-refractivity contribution in [3.8, 4) is 16.9 Å². The van der Waals surface area contributed by atoms with E-state index in [4.69, 9.17) is 4.98 Å². The molecule has 2 aliphatic heterocycles. The third kappa shape index (κ3) is 4.97. The molecule has 1 saturated heterocycles. The molecule has 4 aromatic heterocycles. The van der Waals surface area contributed by atoms with Crippen molar-refractivity contribution in [1.82, 2.24) is 39.4 Å². The molecule has 2 aliphatic rings. The molecule has 6 heterocycles. The van der Waals surface area contributed by atoms with Crippen molar-refractivity contribution < 1.29 is 13.6 Å². The van der Waals surface area contributed by atoms with Crippen molar-refractivity contribution >= 4 is 22.8 Å². The van der Waals surface area contributed by atoms with Crippen molar-refractivity contribution in [1.29, 1.82) is 0 Å². The summed E-state index contributed by atoms with van der Waals surface area (Å²) in [6.07, 6.45) is 4.77. The number of piperazine rings is 1. The standard InChI is InChI=1S/C34H33F2N9O2/c1-6-27(46)42-15-20(5)43(16-19(42)4)32-24-13-26(36)30-28-21(8-7-9-25(28)35)12-23-14-38-41-44(23)17-22-10-11-37-29(18(2)3)31(22)45(33(24)39-30)34(47)40-32/h6-11,13-14,18-20H,1,12,15-17H2,2-5H3/t19-,20+/m1/s1. The highest BCUT2D eigenvalue weighted by Gasteiger charge is 2.34. The highest BCUT2D eigenvalue weighted by Crippen LogP contribution is 2.36. The summed E-state index contributed by atoms with van der Waals surface area (Å²) >= 11 is 0. The lowest BCUT2D eigenvalue weighted by Crippen LogP contribution is -2.58. The summed E-state index contributed by atoms with van der Waals surface area (Å²) in [5.74, 6) is -1.50. The minimum Gasteiger partial charge on any atom is -0.349 e. The quantitative estimate of drug-likeness (QED) is 0.263. The molecule has 47 heavy (non-hydrogen) atoms. The zero-order chi connectivity index (χ0) is 33.1. The van der Waals surface area contributed by atoms with Crippen LogP contribution in [-0.2, 0) is 17.8 Å². The largest absolute Gasteiger partial charge is 0.355 e. The van der Waals surface area contributed by atoms with Crippen LogP contribution in [0.25, 0.3) is 28.0 Å². The van der Waals surface area contributed by atoms with Gasteiger partial charge in [0.2, 0.25) is 5.91 Å². The third-order valence-corrected chi connectivity index (χ3v) is 9.05. The summed E-state index contributed by atoms with van der Waals surface area (Å²) in [6.45, 7) is 12.3. The SMILES string of the molecule is C=CC(=O)N1C[C@H](C)N(c2nc(=O)n3c4nc(c(F)cc24)-c2c(F)cccc2Cc2cnnn2Cc2ccnc(C(C)C)c2-3)C[C@H]1C. The Morgan fingerprint density at radius 2 is 1.87 bits per heavy atom. The van der Waals surface area contributed by atoms with Crippen LogP contribution in [0.2, 0.25) is 0 Å². The molecule has 5 aromatic rings. The maximum atomic E-state index is 16.4. The lowest BCUT2D eigenvalue weighted by molar-refractivity contribution is -0.128. The van der Waals surface area contributed by atoms with Crippen LogP contribution in [0.5, 0.6) is 0 Å². The Morgan fingerprint density at radius 3 is 2.64 bits per heavy atom. The van der Waals surface area contributed by atoms with E-state index in [-0.39, 0.29) is 65.0 Å². The summed E-state index contributed by atoms with van der Waals surface area (Å²) in [5, 5.41) is 8.70. The monoisotopic (exact) mass is 637 g/mol. The average molecular weight is 638 g/mol. The Morgan fingerprint density at radius 1 is 1.06 bits per heavy atom. The number of nitrogens with zero attached hydrogens (tertiary/aromatic N) is 9. The van der Waals surface area contributed by atoms with Gasteiger partial charge in [0.05, 0.1) is 35.2 Å². The fraction of sp³-hybridized carbons (Fsp3) is 0.324. The number of aromatic nitrogens is 7. The van der Waals surface area contributed by atoms with Gasteiger partial charge in [-0.05, 0) is 49.6 Å².